The van der Waals surface area contributed by atoms with Gasteiger partial charge in [0.2, 0.25) is 0 Å². The van der Waals surface area contributed by atoms with Gasteiger partial charge in [-0.15, -0.1) is 10.2 Å². The van der Waals surface area contributed by atoms with E-state index in [0.717, 1.165) is 6.07 Å². The van der Waals surface area contributed by atoms with E-state index in [2.05, 4.69) is 31.3 Å². The second kappa shape index (κ2) is 5.73. The molecule has 1 aromatic heterocycles. The third kappa shape index (κ3) is 3.04. The summed E-state index contributed by atoms with van der Waals surface area (Å²) in [6.45, 7) is -0.0138. The molecule has 20 heavy (non-hydrogen) atoms. The summed E-state index contributed by atoms with van der Waals surface area (Å²) in [7, 11) is 0. The summed E-state index contributed by atoms with van der Waals surface area (Å²) in [6.07, 6.45) is 0. The van der Waals surface area contributed by atoms with Crippen LogP contribution in [0.3, 0.4) is 0 Å². The van der Waals surface area contributed by atoms with Crippen molar-refractivity contribution in [3.05, 3.63) is 35.4 Å². The number of urea groups is 1. The Morgan fingerprint density at radius 2 is 2.20 bits per heavy atom. The van der Waals surface area contributed by atoms with Crippen LogP contribution in [0, 0.1) is 5.82 Å². The van der Waals surface area contributed by atoms with Gasteiger partial charge in [-0.25, -0.2) is 14.0 Å². The minimum Gasteiger partial charge on any atom is -0.478 e. The molecule has 1 heterocycles. The summed E-state index contributed by atoms with van der Waals surface area (Å²) < 4.78 is 13.4. The number of benzene rings is 1. The average Bonchev–Trinajstić information content (AvgIpc) is 2.89. The van der Waals surface area contributed by atoms with Crippen LogP contribution in [-0.4, -0.2) is 37.7 Å². The maximum Gasteiger partial charge on any atom is 0.340 e. The van der Waals surface area contributed by atoms with E-state index in [1.807, 2.05) is 0 Å². The van der Waals surface area contributed by atoms with Crippen LogP contribution >= 0.6 is 0 Å². The Balaban J connectivity index is 2.04. The number of carbonyl (C=O) groups excluding carboxylic acids is 1. The molecule has 0 saturated carbocycles. The number of carbonyl (C=O) groups is 2. The number of rotatable bonds is 4. The van der Waals surface area contributed by atoms with Crippen LogP contribution in [0.4, 0.5) is 14.9 Å². The van der Waals surface area contributed by atoms with E-state index in [-0.39, 0.29) is 18.1 Å². The van der Waals surface area contributed by atoms with Crippen molar-refractivity contribution in [2.24, 2.45) is 0 Å². The molecule has 2 aromatic rings. The molecule has 0 atom stereocenters. The number of anilines is 1. The number of hydrogen-bond donors (Lipinski definition) is 4. The number of aromatic nitrogens is 4. The van der Waals surface area contributed by atoms with Gasteiger partial charge < -0.3 is 15.7 Å². The lowest BCUT2D eigenvalue weighted by atomic mass is 10.1. The molecule has 0 radical (unpaired) electrons. The van der Waals surface area contributed by atoms with E-state index in [4.69, 9.17) is 5.11 Å². The summed E-state index contributed by atoms with van der Waals surface area (Å²) in [5.41, 5.74) is -0.759. The van der Waals surface area contributed by atoms with Crippen molar-refractivity contribution in [3.8, 4) is 0 Å². The molecule has 0 fully saturated rings. The van der Waals surface area contributed by atoms with Gasteiger partial charge in [-0.05, 0) is 12.1 Å². The third-order valence-corrected chi connectivity index (χ3v) is 2.27. The number of H-pyrrole nitrogens is 1. The molecule has 0 aliphatic heterocycles. The molecule has 1 aromatic carbocycles. The second-order valence-electron chi connectivity index (χ2n) is 3.60. The highest BCUT2D eigenvalue weighted by Gasteiger charge is 2.17. The number of amides is 2. The summed E-state index contributed by atoms with van der Waals surface area (Å²) >= 11 is 0. The van der Waals surface area contributed by atoms with Gasteiger partial charge in [0.15, 0.2) is 5.82 Å². The Kier molecular flexibility index (Phi) is 3.84. The lowest BCUT2D eigenvalue weighted by molar-refractivity contribution is 0.0693. The SMILES string of the molecule is O=C(NCc1nn[nH]n1)Nc1cccc(F)c1C(=O)O. The molecule has 2 amide bonds. The van der Waals surface area contributed by atoms with Crippen molar-refractivity contribution >= 4 is 17.7 Å². The fraction of sp³-hybridized carbons (Fsp3) is 0.100. The quantitative estimate of drug-likeness (QED) is 0.639. The molecule has 0 spiro atoms. The van der Waals surface area contributed by atoms with E-state index in [9.17, 15) is 14.0 Å². The van der Waals surface area contributed by atoms with E-state index < -0.39 is 23.4 Å². The minimum atomic E-state index is -1.48. The van der Waals surface area contributed by atoms with Gasteiger partial charge in [0.25, 0.3) is 0 Å². The number of aromatic carboxylic acids is 1. The van der Waals surface area contributed by atoms with Crippen molar-refractivity contribution in [2.75, 3.05) is 5.32 Å². The number of aromatic amines is 1. The highest BCUT2D eigenvalue weighted by atomic mass is 19.1. The smallest absolute Gasteiger partial charge is 0.340 e. The fourth-order valence-corrected chi connectivity index (χ4v) is 1.43. The second-order valence-corrected chi connectivity index (χ2v) is 3.60. The first-order chi connectivity index (χ1) is 9.58. The number of carboxylic acid groups (broad SMARTS) is 1. The number of halogens is 1. The Bertz CT molecular complexity index is 630. The molecule has 10 heteroatoms. The molecule has 104 valence electrons. The van der Waals surface area contributed by atoms with Gasteiger partial charge in [0.1, 0.15) is 11.4 Å². The van der Waals surface area contributed by atoms with E-state index in [1.54, 1.807) is 0 Å². The Hall–Kier alpha value is -3.04. The Morgan fingerprint density at radius 1 is 1.40 bits per heavy atom. The molecule has 4 N–H and O–H groups in total. The number of nitrogens with one attached hydrogen (secondary N) is 3. The van der Waals surface area contributed by atoms with Crippen molar-refractivity contribution < 1.29 is 19.1 Å². The number of carboxylic acids is 1. The molecule has 9 nitrogen and oxygen atoms in total. The van der Waals surface area contributed by atoms with Crippen LogP contribution in [0.2, 0.25) is 0 Å². The summed E-state index contributed by atoms with van der Waals surface area (Å²) in [5, 5.41) is 26.2. The zero-order valence-corrected chi connectivity index (χ0v) is 9.92. The van der Waals surface area contributed by atoms with E-state index in [1.165, 1.54) is 12.1 Å². The largest absolute Gasteiger partial charge is 0.478 e. The van der Waals surface area contributed by atoms with E-state index >= 15 is 0 Å². The molecular formula is C10H9FN6O3. The molecule has 0 aliphatic carbocycles. The number of tetrazole rings is 1. The number of hydrogen-bond acceptors (Lipinski definition) is 5. The van der Waals surface area contributed by atoms with Gasteiger partial charge in [-0.3, -0.25) is 0 Å². The normalized spacial score (nSPS) is 10.1. The fourth-order valence-electron chi connectivity index (χ4n) is 1.43. The van der Waals surface area contributed by atoms with Gasteiger partial charge in [0, 0.05) is 0 Å². The van der Waals surface area contributed by atoms with Gasteiger partial charge in [-0.2, -0.15) is 5.21 Å². The van der Waals surface area contributed by atoms with Crippen molar-refractivity contribution in [2.45, 2.75) is 6.54 Å². The first-order valence-electron chi connectivity index (χ1n) is 5.37. The van der Waals surface area contributed by atoms with Crippen LogP contribution in [0.5, 0.6) is 0 Å². The molecule has 2 rings (SSSR count). The summed E-state index contributed by atoms with van der Waals surface area (Å²) in [4.78, 5) is 22.5. The topological polar surface area (TPSA) is 133 Å². The first-order valence-corrected chi connectivity index (χ1v) is 5.37. The van der Waals surface area contributed by atoms with Crippen LogP contribution in [0.1, 0.15) is 16.2 Å². The molecule has 0 bridgehead atoms. The lowest BCUT2D eigenvalue weighted by Crippen LogP contribution is -2.29. The molecular weight excluding hydrogens is 271 g/mol. The predicted octanol–water partition coefficient (Wildman–Crippen LogP) is 0.359. The Labute approximate surface area is 111 Å². The zero-order valence-electron chi connectivity index (χ0n) is 9.92. The van der Waals surface area contributed by atoms with Gasteiger partial charge in [0.05, 0.1) is 12.2 Å². The standard InChI is InChI=1S/C10H9FN6O3/c11-5-2-1-3-6(8(5)9(18)19)13-10(20)12-4-7-14-16-17-15-7/h1-3H,4H2,(H,18,19)(H2,12,13,20)(H,14,15,16,17). The lowest BCUT2D eigenvalue weighted by Gasteiger charge is -2.09. The first kappa shape index (κ1) is 13.4. The minimum absolute atomic E-state index is 0.0138. The summed E-state index contributed by atoms with van der Waals surface area (Å²) in [5.74, 6) is -2.16. The predicted molar refractivity (Wildman–Crippen MR) is 63.4 cm³/mol. The highest BCUT2D eigenvalue weighted by Crippen LogP contribution is 2.18. The van der Waals surface area contributed by atoms with Gasteiger partial charge in [-0.1, -0.05) is 11.3 Å². The van der Waals surface area contributed by atoms with Crippen LogP contribution in [0.15, 0.2) is 18.2 Å². The van der Waals surface area contributed by atoms with E-state index in [0.29, 0.717) is 0 Å². The monoisotopic (exact) mass is 280 g/mol. The summed E-state index contributed by atoms with van der Waals surface area (Å²) in [6, 6.07) is 2.84. The Morgan fingerprint density at radius 3 is 2.85 bits per heavy atom. The zero-order chi connectivity index (χ0) is 14.5. The van der Waals surface area contributed by atoms with Crippen molar-refractivity contribution in [1.82, 2.24) is 25.9 Å². The molecule has 0 saturated heterocycles. The third-order valence-electron chi connectivity index (χ3n) is 2.27. The van der Waals surface area contributed by atoms with Crippen molar-refractivity contribution in [3.63, 3.8) is 0 Å². The van der Waals surface area contributed by atoms with Crippen molar-refractivity contribution in [1.29, 1.82) is 0 Å². The highest BCUT2D eigenvalue weighted by molar-refractivity contribution is 6.00. The van der Waals surface area contributed by atoms with Crippen LogP contribution in [-0.2, 0) is 6.54 Å². The molecule has 0 unspecified atom stereocenters. The number of nitrogens with zero attached hydrogens (tertiary/aromatic N) is 3. The van der Waals surface area contributed by atoms with Gasteiger partial charge >= 0.3 is 12.0 Å². The average molecular weight is 280 g/mol. The molecule has 0 aliphatic rings. The van der Waals surface area contributed by atoms with Crippen LogP contribution < -0.4 is 10.6 Å². The maximum atomic E-state index is 13.4. The van der Waals surface area contributed by atoms with Crippen LogP contribution in [0.25, 0.3) is 0 Å². The maximum absolute atomic E-state index is 13.4.